The summed E-state index contributed by atoms with van der Waals surface area (Å²) in [5.74, 6) is 2.15. The van der Waals surface area contributed by atoms with Crippen LogP contribution in [0.5, 0.6) is 5.75 Å². The van der Waals surface area contributed by atoms with Gasteiger partial charge in [-0.3, -0.25) is 0 Å². The number of rotatable bonds is 8. The van der Waals surface area contributed by atoms with Crippen molar-refractivity contribution < 1.29 is 9.47 Å². The normalized spacial score (nSPS) is 18.0. The Morgan fingerprint density at radius 1 is 1.30 bits per heavy atom. The molecule has 1 atom stereocenters. The Balaban J connectivity index is 1.91. The molecule has 0 spiro atoms. The van der Waals surface area contributed by atoms with Crippen molar-refractivity contribution in [2.75, 3.05) is 37.4 Å². The number of methoxy groups -OCH3 is 1. The van der Waals surface area contributed by atoms with E-state index in [1.807, 2.05) is 0 Å². The van der Waals surface area contributed by atoms with Gasteiger partial charge in [-0.15, -0.1) is 0 Å². The van der Waals surface area contributed by atoms with Crippen LogP contribution in [0.3, 0.4) is 0 Å². The summed E-state index contributed by atoms with van der Waals surface area (Å²) in [6, 6.07) is 0. The smallest absolute Gasteiger partial charge is 0.204 e. The Bertz CT molecular complexity index is 408. The van der Waals surface area contributed by atoms with Crippen LogP contribution in [0.2, 0.25) is 0 Å². The van der Waals surface area contributed by atoms with E-state index in [1.54, 1.807) is 13.4 Å². The zero-order valence-corrected chi connectivity index (χ0v) is 12.3. The maximum absolute atomic E-state index is 5.61. The van der Waals surface area contributed by atoms with E-state index in [2.05, 4.69) is 27.5 Å². The first-order valence-corrected chi connectivity index (χ1v) is 7.33. The van der Waals surface area contributed by atoms with Crippen molar-refractivity contribution in [3.8, 4) is 5.75 Å². The van der Waals surface area contributed by atoms with E-state index in [-0.39, 0.29) is 0 Å². The molecule has 1 aliphatic heterocycles. The Labute approximate surface area is 120 Å². The quantitative estimate of drug-likeness (QED) is 0.761. The van der Waals surface area contributed by atoms with Gasteiger partial charge in [-0.25, -0.2) is 9.97 Å². The van der Waals surface area contributed by atoms with Gasteiger partial charge in [0.05, 0.1) is 13.2 Å². The number of ether oxygens (including phenoxy) is 2. The SMILES string of the molecule is CCCNc1ncnc(NCCC2CCCO2)c1OC. The van der Waals surface area contributed by atoms with Crippen LogP contribution in [-0.2, 0) is 4.74 Å². The zero-order valence-electron chi connectivity index (χ0n) is 12.3. The number of hydrogen-bond acceptors (Lipinski definition) is 6. The maximum atomic E-state index is 5.61. The first kappa shape index (κ1) is 14.8. The summed E-state index contributed by atoms with van der Waals surface area (Å²) in [4.78, 5) is 8.48. The van der Waals surface area contributed by atoms with Crippen LogP contribution < -0.4 is 15.4 Å². The third-order valence-electron chi connectivity index (χ3n) is 3.33. The summed E-state index contributed by atoms with van der Waals surface area (Å²) >= 11 is 0. The standard InChI is InChI=1S/C14H24N4O2/c1-3-7-15-13-12(19-2)14(18-10-17-13)16-8-6-11-5-4-9-20-11/h10-11H,3-9H2,1-2H3,(H2,15,16,17,18). The minimum Gasteiger partial charge on any atom is -0.490 e. The fraction of sp³-hybridized carbons (Fsp3) is 0.714. The zero-order chi connectivity index (χ0) is 14.2. The van der Waals surface area contributed by atoms with Gasteiger partial charge in [-0.2, -0.15) is 0 Å². The highest BCUT2D eigenvalue weighted by Gasteiger charge is 2.16. The van der Waals surface area contributed by atoms with Crippen LogP contribution in [0.15, 0.2) is 6.33 Å². The molecule has 0 radical (unpaired) electrons. The van der Waals surface area contributed by atoms with E-state index in [4.69, 9.17) is 9.47 Å². The second-order valence-corrected chi connectivity index (χ2v) is 4.88. The molecule has 20 heavy (non-hydrogen) atoms. The molecular weight excluding hydrogens is 256 g/mol. The lowest BCUT2D eigenvalue weighted by atomic mass is 10.2. The highest BCUT2D eigenvalue weighted by Crippen LogP contribution is 2.29. The van der Waals surface area contributed by atoms with E-state index in [0.717, 1.165) is 50.6 Å². The van der Waals surface area contributed by atoms with E-state index in [1.165, 1.54) is 6.42 Å². The van der Waals surface area contributed by atoms with E-state index >= 15 is 0 Å². The fourth-order valence-electron chi connectivity index (χ4n) is 2.29. The number of nitrogens with zero attached hydrogens (tertiary/aromatic N) is 2. The Morgan fingerprint density at radius 2 is 2.05 bits per heavy atom. The number of nitrogens with one attached hydrogen (secondary N) is 2. The average molecular weight is 280 g/mol. The summed E-state index contributed by atoms with van der Waals surface area (Å²) in [6.07, 6.45) is 6.29. The summed E-state index contributed by atoms with van der Waals surface area (Å²) in [5, 5.41) is 6.56. The van der Waals surface area contributed by atoms with Gasteiger partial charge in [0.1, 0.15) is 6.33 Å². The second kappa shape index (κ2) is 7.89. The van der Waals surface area contributed by atoms with Crippen LogP contribution in [0.4, 0.5) is 11.6 Å². The summed E-state index contributed by atoms with van der Waals surface area (Å²) in [6.45, 7) is 4.70. The van der Waals surface area contributed by atoms with Crippen LogP contribution in [-0.4, -0.2) is 42.9 Å². The molecule has 1 saturated heterocycles. The monoisotopic (exact) mass is 280 g/mol. The molecule has 1 unspecified atom stereocenters. The van der Waals surface area contributed by atoms with Gasteiger partial charge in [-0.05, 0) is 25.7 Å². The molecule has 0 amide bonds. The predicted octanol–water partition coefficient (Wildman–Crippen LogP) is 2.29. The molecule has 0 saturated carbocycles. The fourth-order valence-corrected chi connectivity index (χ4v) is 2.29. The number of aromatic nitrogens is 2. The van der Waals surface area contributed by atoms with Gasteiger partial charge < -0.3 is 20.1 Å². The molecule has 0 bridgehead atoms. The van der Waals surface area contributed by atoms with Crippen molar-refractivity contribution in [1.82, 2.24) is 9.97 Å². The van der Waals surface area contributed by atoms with Crippen LogP contribution in [0.25, 0.3) is 0 Å². The first-order valence-electron chi connectivity index (χ1n) is 7.33. The van der Waals surface area contributed by atoms with Crippen molar-refractivity contribution in [2.24, 2.45) is 0 Å². The summed E-state index contributed by atoms with van der Waals surface area (Å²) < 4.78 is 11.0. The molecule has 1 aliphatic rings. The van der Waals surface area contributed by atoms with Gasteiger partial charge >= 0.3 is 0 Å². The molecule has 6 nitrogen and oxygen atoms in total. The van der Waals surface area contributed by atoms with E-state index < -0.39 is 0 Å². The van der Waals surface area contributed by atoms with Crippen LogP contribution in [0, 0.1) is 0 Å². The van der Waals surface area contributed by atoms with Gasteiger partial charge in [0, 0.05) is 19.7 Å². The van der Waals surface area contributed by atoms with Crippen LogP contribution >= 0.6 is 0 Å². The minimum atomic E-state index is 0.382. The highest BCUT2D eigenvalue weighted by molar-refractivity contribution is 5.63. The second-order valence-electron chi connectivity index (χ2n) is 4.88. The largest absolute Gasteiger partial charge is 0.490 e. The lowest BCUT2D eigenvalue weighted by Crippen LogP contribution is -2.14. The third-order valence-corrected chi connectivity index (χ3v) is 3.33. The minimum absolute atomic E-state index is 0.382. The number of anilines is 2. The van der Waals surface area contributed by atoms with E-state index in [9.17, 15) is 0 Å². The summed E-state index contributed by atoms with van der Waals surface area (Å²) in [5.41, 5.74) is 0. The molecule has 0 aliphatic carbocycles. The van der Waals surface area contributed by atoms with Crippen molar-refractivity contribution in [2.45, 2.75) is 38.7 Å². The summed E-state index contributed by atoms with van der Waals surface area (Å²) in [7, 11) is 1.64. The van der Waals surface area contributed by atoms with Crippen molar-refractivity contribution in [3.05, 3.63) is 6.33 Å². The molecule has 2 N–H and O–H groups in total. The number of hydrogen-bond donors (Lipinski definition) is 2. The van der Waals surface area contributed by atoms with Crippen LogP contribution in [0.1, 0.15) is 32.6 Å². The van der Waals surface area contributed by atoms with Gasteiger partial charge in [-0.1, -0.05) is 6.92 Å². The first-order chi connectivity index (χ1) is 9.85. The Morgan fingerprint density at radius 3 is 2.65 bits per heavy atom. The van der Waals surface area contributed by atoms with Crippen molar-refractivity contribution in [3.63, 3.8) is 0 Å². The molecule has 2 rings (SSSR count). The van der Waals surface area contributed by atoms with Gasteiger partial charge in [0.2, 0.25) is 5.75 Å². The molecule has 6 heteroatoms. The molecular formula is C14H24N4O2. The average Bonchev–Trinajstić information content (AvgIpc) is 2.98. The predicted molar refractivity (Wildman–Crippen MR) is 79.4 cm³/mol. The van der Waals surface area contributed by atoms with Gasteiger partial charge in [0.15, 0.2) is 11.6 Å². The topological polar surface area (TPSA) is 68.3 Å². The Kier molecular flexibility index (Phi) is 5.86. The van der Waals surface area contributed by atoms with Gasteiger partial charge in [0.25, 0.3) is 0 Å². The molecule has 2 heterocycles. The van der Waals surface area contributed by atoms with E-state index in [0.29, 0.717) is 11.9 Å². The highest BCUT2D eigenvalue weighted by atomic mass is 16.5. The van der Waals surface area contributed by atoms with Crippen molar-refractivity contribution >= 4 is 11.6 Å². The lowest BCUT2D eigenvalue weighted by Gasteiger charge is -2.15. The molecule has 112 valence electrons. The third kappa shape index (κ3) is 3.96. The molecule has 1 fully saturated rings. The lowest BCUT2D eigenvalue weighted by molar-refractivity contribution is 0.107. The Hall–Kier alpha value is -1.56. The van der Waals surface area contributed by atoms with Crippen molar-refractivity contribution in [1.29, 1.82) is 0 Å². The molecule has 1 aromatic rings. The maximum Gasteiger partial charge on any atom is 0.204 e. The molecule has 1 aromatic heterocycles. The molecule has 0 aromatic carbocycles.